The number of aliphatic hydroxyl groups excluding tert-OH is 1. The molecule has 1 aromatic carbocycles. The van der Waals surface area contributed by atoms with Crippen LogP contribution in [-0.2, 0) is 11.2 Å². The number of benzene rings is 1. The SMILES string of the molecule is COC1(C(O)Cc2ccc(OC(F)(F)F)cc2)CCC1. The largest absolute Gasteiger partial charge is 0.573 e. The van der Waals surface area contributed by atoms with Crippen LogP contribution in [0, 0.1) is 0 Å². The summed E-state index contributed by atoms with van der Waals surface area (Å²) in [6.45, 7) is 0. The third-order valence-electron chi connectivity index (χ3n) is 3.80. The molecule has 0 radical (unpaired) electrons. The Balaban J connectivity index is 1.97. The van der Waals surface area contributed by atoms with Crippen LogP contribution in [0.15, 0.2) is 24.3 Å². The minimum atomic E-state index is -4.69. The Morgan fingerprint density at radius 2 is 1.85 bits per heavy atom. The lowest BCUT2D eigenvalue weighted by atomic mass is 9.74. The highest BCUT2D eigenvalue weighted by atomic mass is 19.4. The lowest BCUT2D eigenvalue weighted by Crippen LogP contribution is -2.50. The predicted molar refractivity (Wildman–Crippen MR) is 66.4 cm³/mol. The predicted octanol–water partition coefficient (Wildman–Crippen LogP) is 3.06. The van der Waals surface area contributed by atoms with Crippen molar-refractivity contribution in [3.05, 3.63) is 29.8 Å². The maximum Gasteiger partial charge on any atom is 0.573 e. The maximum atomic E-state index is 12.0. The number of rotatable bonds is 5. The van der Waals surface area contributed by atoms with E-state index < -0.39 is 18.1 Å². The number of ether oxygens (including phenoxy) is 2. The van der Waals surface area contributed by atoms with E-state index in [0.29, 0.717) is 6.42 Å². The number of alkyl halides is 3. The van der Waals surface area contributed by atoms with Gasteiger partial charge in [-0.1, -0.05) is 12.1 Å². The summed E-state index contributed by atoms with van der Waals surface area (Å²) in [5.41, 5.74) is 0.247. The Morgan fingerprint density at radius 1 is 1.25 bits per heavy atom. The van der Waals surface area contributed by atoms with Gasteiger partial charge in [-0.3, -0.25) is 0 Å². The van der Waals surface area contributed by atoms with Gasteiger partial charge in [-0.05, 0) is 37.0 Å². The molecule has 0 aromatic heterocycles. The molecule has 1 aromatic rings. The molecule has 20 heavy (non-hydrogen) atoms. The van der Waals surface area contributed by atoms with Crippen molar-refractivity contribution < 1.29 is 27.8 Å². The third kappa shape index (κ3) is 3.43. The molecule has 0 heterocycles. The van der Waals surface area contributed by atoms with Gasteiger partial charge in [-0.25, -0.2) is 0 Å². The molecule has 0 amide bonds. The number of hydrogen-bond donors (Lipinski definition) is 1. The van der Waals surface area contributed by atoms with Gasteiger partial charge in [0.2, 0.25) is 0 Å². The second-order valence-corrected chi connectivity index (χ2v) is 5.03. The summed E-state index contributed by atoms with van der Waals surface area (Å²) in [6, 6.07) is 5.53. The first-order valence-electron chi connectivity index (χ1n) is 6.42. The fourth-order valence-electron chi connectivity index (χ4n) is 2.44. The zero-order chi connectivity index (χ0) is 14.8. The van der Waals surface area contributed by atoms with Crippen LogP contribution in [0.4, 0.5) is 13.2 Å². The van der Waals surface area contributed by atoms with E-state index in [-0.39, 0.29) is 5.75 Å². The Labute approximate surface area is 115 Å². The highest BCUT2D eigenvalue weighted by Crippen LogP contribution is 2.39. The Hall–Kier alpha value is -1.27. The maximum absolute atomic E-state index is 12.0. The molecule has 1 fully saturated rings. The van der Waals surface area contributed by atoms with E-state index in [1.165, 1.54) is 24.3 Å². The van der Waals surface area contributed by atoms with Gasteiger partial charge in [-0.15, -0.1) is 13.2 Å². The van der Waals surface area contributed by atoms with Crippen LogP contribution < -0.4 is 4.74 Å². The fraction of sp³-hybridized carbons (Fsp3) is 0.571. The molecule has 0 bridgehead atoms. The zero-order valence-corrected chi connectivity index (χ0v) is 11.1. The molecule has 112 valence electrons. The topological polar surface area (TPSA) is 38.7 Å². The average molecular weight is 290 g/mol. The quantitative estimate of drug-likeness (QED) is 0.906. The lowest BCUT2D eigenvalue weighted by molar-refractivity contribution is -0.274. The highest BCUT2D eigenvalue weighted by molar-refractivity contribution is 5.28. The summed E-state index contributed by atoms with van der Waals surface area (Å²) in [5, 5.41) is 10.2. The Morgan fingerprint density at radius 3 is 2.25 bits per heavy atom. The van der Waals surface area contributed by atoms with Crippen LogP contribution in [0.25, 0.3) is 0 Å². The molecule has 0 aliphatic heterocycles. The van der Waals surface area contributed by atoms with Gasteiger partial charge < -0.3 is 14.6 Å². The minimum Gasteiger partial charge on any atom is -0.406 e. The van der Waals surface area contributed by atoms with E-state index in [1.54, 1.807) is 7.11 Å². The zero-order valence-electron chi connectivity index (χ0n) is 11.1. The number of halogens is 3. The summed E-state index contributed by atoms with van der Waals surface area (Å²) in [5.74, 6) is -0.263. The van der Waals surface area contributed by atoms with Crippen molar-refractivity contribution in [2.24, 2.45) is 0 Å². The van der Waals surface area contributed by atoms with Crippen LogP contribution in [-0.4, -0.2) is 30.3 Å². The molecule has 1 aliphatic carbocycles. The van der Waals surface area contributed by atoms with Gasteiger partial charge in [0, 0.05) is 13.5 Å². The van der Waals surface area contributed by atoms with Crippen LogP contribution in [0.5, 0.6) is 5.75 Å². The van der Waals surface area contributed by atoms with Crippen molar-refractivity contribution in [3.63, 3.8) is 0 Å². The summed E-state index contributed by atoms with van der Waals surface area (Å²) < 4.78 is 45.3. The second-order valence-electron chi connectivity index (χ2n) is 5.03. The van der Waals surface area contributed by atoms with Gasteiger partial charge in [0.15, 0.2) is 0 Å². The molecular formula is C14H17F3O3. The highest BCUT2D eigenvalue weighted by Gasteiger charge is 2.43. The summed E-state index contributed by atoms with van der Waals surface area (Å²) in [4.78, 5) is 0. The average Bonchev–Trinajstić information content (AvgIpc) is 2.29. The number of aliphatic hydroxyl groups is 1. The van der Waals surface area contributed by atoms with Crippen molar-refractivity contribution in [1.29, 1.82) is 0 Å². The Kier molecular flexibility index (Phi) is 4.25. The molecule has 1 aliphatic rings. The molecular weight excluding hydrogens is 273 g/mol. The van der Waals surface area contributed by atoms with E-state index in [9.17, 15) is 18.3 Å². The lowest BCUT2D eigenvalue weighted by Gasteiger charge is -2.44. The molecule has 3 nitrogen and oxygen atoms in total. The van der Waals surface area contributed by atoms with Crippen molar-refractivity contribution in [3.8, 4) is 5.75 Å². The van der Waals surface area contributed by atoms with Crippen molar-refractivity contribution >= 4 is 0 Å². The van der Waals surface area contributed by atoms with Crippen LogP contribution in [0.3, 0.4) is 0 Å². The first-order valence-corrected chi connectivity index (χ1v) is 6.42. The normalized spacial score (nSPS) is 19.2. The summed E-state index contributed by atoms with van der Waals surface area (Å²) >= 11 is 0. The van der Waals surface area contributed by atoms with Crippen molar-refractivity contribution in [2.75, 3.05) is 7.11 Å². The number of methoxy groups -OCH3 is 1. The van der Waals surface area contributed by atoms with Gasteiger partial charge in [-0.2, -0.15) is 0 Å². The molecule has 0 saturated heterocycles. The second kappa shape index (κ2) is 5.61. The van der Waals surface area contributed by atoms with E-state index >= 15 is 0 Å². The number of hydrogen-bond acceptors (Lipinski definition) is 3. The molecule has 6 heteroatoms. The minimum absolute atomic E-state index is 0.263. The molecule has 1 atom stereocenters. The molecule has 1 unspecified atom stereocenters. The summed E-state index contributed by atoms with van der Waals surface area (Å²) in [6.07, 6.45) is -2.37. The summed E-state index contributed by atoms with van der Waals surface area (Å²) in [7, 11) is 1.57. The first kappa shape index (κ1) is 15.1. The monoisotopic (exact) mass is 290 g/mol. The standard InChI is InChI=1S/C14H17F3O3/c1-19-13(7-2-8-13)12(18)9-10-3-5-11(6-4-10)20-14(15,16)17/h3-6,12,18H,2,7-9H2,1H3. The van der Waals surface area contributed by atoms with Gasteiger partial charge in [0.25, 0.3) is 0 Å². The van der Waals surface area contributed by atoms with Gasteiger partial charge in [0.1, 0.15) is 5.75 Å². The Bertz CT molecular complexity index is 432. The van der Waals surface area contributed by atoms with Crippen LogP contribution >= 0.6 is 0 Å². The smallest absolute Gasteiger partial charge is 0.406 e. The van der Waals surface area contributed by atoms with Crippen molar-refractivity contribution in [1.82, 2.24) is 0 Å². The molecule has 0 spiro atoms. The van der Waals surface area contributed by atoms with Crippen molar-refractivity contribution in [2.45, 2.75) is 43.8 Å². The first-order chi connectivity index (χ1) is 9.35. The van der Waals surface area contributed by atoms with E-state index in [0.717, 1.165) is 24.8 Å². The van der Waals surface area contributed by atoms with E-state index in [1.807, 2.05) is 0 Å². The molecule has 1 N–H and O–H groups in total. The molecule has 2 rings (SSSR count). The third-order valence-corrected chi connectivity index (χ3v) is 3.80. The van der Waals surface area contributed by atoms with Gasteiger partial charge in [0.05, 0.1) is 11.7 Å². The molecule has 1 saturated carbocycles. The fourth-order valence-corrected chi connectivity index (χ4v) is 2.44. The van der Waals surface area contributed by atoms with E-state index in [4.69, 9.17) is 4.74 Å². The van der Waals surface area contributed by atoms with Crippen LogP contribution in [0.1, 0.15) is 24.8 Å². The van der Waals surface area contributed by atoms with E-state index in [2.05, 4.69) is 4.74 Å². The van der Waals surface area contributed by atoms with Gasteiger partial charge >= 0.3 is 6.36 Å². The van der Waals surface area contributed by atoms with Crippen LogP contribution in [0.2, 0.25) is 0 Å².